The molecule has 2 aliphatic rings. The monoisotopic (exact) mass is 323 g/mol. The molecule has 2 atom stereocenters. The Hall–Kier alpha value is -2.82. The number of cyclic esters (lactones) is 1. The van der Waals surface area contributed by atoms with Crippen molar-refractivity contribution in [2.24, 2.45) is 0 Å². The van der Waals surface area contributed by atoms with Crippen molar-refractivity contribution >= 4 is 11.9 Å². The molecule has 0 spiro atoms. The Labute approximate surface area is 139 Å². The number of rotatable bonds is 3. The van der Waals surface area contributed by atoms with Crippen LogP contribution in [0.3, 0.4) is 0 Å². The third kappa shape index (κ3) is 2.62. The number of hydrogen-bond donors (Lipinski definition) is 1. The number of ether oxygens (including phenoxy) is 2. The summed E-state index contributed by atoms with van der Waals surface area (Å²) in [5, 5.41) is 3.04. The smallest absolute Gasteiger partial charge is 0.339 e. The van der Waals surface area contributed by atoms with E-state index in [2.05, 4.69) is 5.32 Å². The molecule has 2 aromatic carbocycles. The second-order valence-corrected chi connectivity index (χ2v) is 5.98. The van der Waals surface area contributed by atoms with Crippen LogP contribution in [0.1, 0.15) is 46.5 Å². The van der Waals surface area contributed by atoms with Gasteiger partial charge in [-0.3, -0.25) is 4.79 Å². The van der Waals surface area contributed by atoms with Crippen LogP contribution in [0, 0.1) is 0 Å². The fourth-order valence-electron chi connectivity index (χ4n) is 3.29. The van der Waals surface area contributed by atoms with Crippen LogP contribution in [0.5, 0.6) is 5.75 Å². The molecule has 2 aliphatic heterocycles. The van der Waals surface area contributed by atoms with Crippen LogP contribution in [0.2, 0.25) is 0 Å². The molecule has 0 fully saturated rings. The van der Waals surface area contributed by atoms with Crippen molar-refractivity contribution in [3.8, 4) is 5.75 Å². The van der Waals surface area contributed by atoms with Gasteiger partial charge >= 0.3 is 5.97 Å². The van der Waals surface area contributed by atoms with Crippen LogP contribution in [0.4, 0.5) is 0 Å². The standard InChI is InChI=1S/C19H17NO4/c21-18(11-17-12-5-1-2-6-13(12)19(22)24-17)20-15-9-10-23-16-8-4-3-7-14(15)16/h1-8,15,17H,9-11H2,(H,20,21)/t15-,17+/m0/s1. The molecule has 122 valence electrons. The van der Waals surface area contributed by atoms with Crippen LogP contribution in [0.15, 0.2) is 48.5 Å². The lowest BCUT2D eigenvalue weighted by molar-refractivity contribution is -0.124. The Kier molecular flexibility index (Phi) is 3.69. The predicted octanol–water partition coefficient (Wildman–Crippen LogP) is 2.93. The highest BCUT2D eigenvalue weighted by atomic mass is 16.5. The van der Waals surface area contributed by atoms with Gasteiger partial charge in [0.1, 0.15) is 11.9 Å². The lowest BCUT2D eigenvalue weighted by Crippen LogP contribution is -2.32. The van der Waals surface area contributed by atoms with Crippen molar-refractivity contribution in [1.82, 2.24) is 5.32 Å². The van der Waals surface area contributed by atoms with Gasteiger partial charge in [-0.15, -0.1) is 0 Å². The van der Waals surface area contributed by atoms with Crippen LogP contribution >= 0.6 is 0 Å². The maximum absolute atomic E-state index is 12.5. The molecule has 24 heavy (non-hydrogen) atoms. The number of amides is 1. The largest absolute Gasteiger partial charge is 0.493 e. The van der Waals surface area contributed by atoms with Crippen molar-refractivity contribution in [1.29, 1.82) is 0 Å². The topological polar surface area (TPSA) is 64.6 Å². The number of carbonyl (C=O) groups is 2. The Morgan fingerprint density at radius 2 is 1.83 bits per heavy atom. The molecule has 1 amide bonds. The fourth-order valence-corrected chi connectivity index (χ4v) is 3.29. The summed E-state index contributed by atoms with van der Waals surface area (Å²) in [6, 6.07) is 14.8. The van der Waals surface area contributed by atoms with E-state index >= 15 is 0 Å². The van der Waals surface area contributed by atoms with E-state index in [0.29, 0.717) is 12.2 Å². The molecule has 0 saturated carbocycles. The number of hydrogen-bond acceptors (Lipinski definition) is 4. The zero-order valence-electron chi connectivity index (χ0n) is 13.0. The Morgan fingerprint density at radius 1 is 1.08 bits per heavy atom. The number of esters is 1. The maximum atomic E-state index is 12.5. The zero-order valence-corrected chi connectivity index (χ0v) is 13.0. The van der Waals surface area contributed by atoms with Gasteiger partial charge in [0.25, 0.3) is 0 Å². The summed E-state index contributed by atoms with van der Waals surface area (Å²) < 4.78 is 10.9. The van der Waals surface area contributed by atoms with Gasteiger partial charge in [0.05, 0.1) is 24.6 Å². The van der Waals surface area contributed by atoms with E-state index in [1.54, 1.807) is 12.1 Å². The highest BCUT2D eigenvalue weighted by molar-refractivity contribution is 5.94. The van der Waals surface area contributed by atoms with Gasteiger partial charge in [0.2, 0.25) is 5.91 Å². The van der Waals surface area contributed by atoms with Crippen LogP contribution in [-0.4, -0.2) is 18.5 Å². The SMILES string of the molecule is O=C(C[C@H]1OC(=O)c2ccccc21)N[C@H]1CCOc2ccccc21. The van der Waals surface area contributed by atoms with Gasteiger partial charge in [-0.05, 0) is 12.1 Å². The molecule has 0 bridgehead atoms. The molecule has 2 aromatic rings. The first-order valence-electron chi connectivity index (χ1n) is 8.03. The predicted molar refractivity (Wildman–Crippen MR) is 86.7 cm³/mol. The minimum atomic E-state index is -0.510. The van der Waals surface area contributed by atoms with E-state index in [0.717, 1.165) is 23.3 Å². The van der Waals surface area contributed by atoms with E-state index in [9.17, 15) is 9.59 Å². The Balaban J connectivity index is 1.46. The van der Waals surface area contributed by atoms with Crippen molar-refractivity contribution in [2.45, 2.75) is 25.0 Å². The lowest BCUT2D eigenvalue weighted by atomic mass is 9.99. The fraction of sp³-hybridized carbons (Fsp3) is 0.263. The van der Waals surface area contributed by atoms with Gasteiger partial charge in [-0.1, -0.05) is 36.4 Å². The van der Waals surface area contributed by atoms with Crippen LogP contribution in [0.25, 0.3) is 0 Å². The van der Waals surface area contributed by atoms with Gasteiger partial charge in [-0.25, -0.2) is 4.79 Å². The van der Waals surface area contributed by atoms with Crippen molar-refractivity contribution < 1.29 is 19.1 Å². The second-order valence-electron chi connectivity index (χ2n) is 5.98. The van der Waals surface area contributed by atoms with Crippen LogP contribution < -0.4 is 10.1 Å². The third-order valence-electron chi connectivity index (χ3n) is 4.44. The number of benzene rings is 2. The van der Waals surface area contributed by atoms with Gasteiger partial charge in [-0.2, -0.15) is 0 Å². The minimum absolute atomic E-state index is 0.0743. The third-order valence-corrected chi connectivity index (χ3v) is 4.44. The molecule has 1 N–H and O–H groups in total. The number of para-hydroxylation sites is 1. The van der Waals surface area contributed by atoms with Crippen molar-refractivity contribution in [2.75, 3.05) is 6.61 Å². The van der Waals surface area contributed by atoms with E-state index in [1.165, 1.54) is 0 Å². The molecule has 0 radical (unpaired) electrons. The van der Waals surface area contributed by atoms with Crippen LogP contribution in [-0.2, 0) is 9.53 Å². The molecule has 0 aromatic heterocycles. The maximum Gasteiger partial charge on any atom is 0.339 e. The molecule has 5 heteroatoms. The summed E-state index contributed by atoms with van der Waals surface area (Å²) in [5.41, 5.74) is 2.32. The summed E-state index contributed by atoms with van der Waals surface area (Å²) in [4.78, 5) is 24.3. The van der Waals surface area contributed by atoms with Crippen molar-refractivity contribution in [3.63, 3.8) is 0 Å². The minimum Gasteiger partial charge on any atom is -0.493 e. The summed E-state index contributed by atoms with van der Waals surface area (Å²) in [6.07, 6.45) is 0.343. The van der Waals surface area contributed by atoms with E-state index < -0.39 is 6.10 Å². The van der Waals surface area contributed by atoms with Crippen molar-refractivity contribution in [3.05, 3.63) is 65.2 Å². The Bertz CT molecular complexity index is 801. The van der Waals surface area contributed by atoms with Gasteiger partial charge in [0.15, 0.2) is 0 Å². The highest BCUT2D eigenvalue weighted by Gasteiger charge is 2.33. The average molecular weight is 323 g/mol. The van der Waals surface area contributed by atoms with E-state index in [-0.39, 0.29) is 24.3 Å². The molecule has 2 heterocycles. The average Bonchev–Trinajstić information content (AvgIpc) is 2.91. The molecule has 5 nitrogen and oxygen atoms in total. The Morgan fingerprint density at radius 3 is 2.71 bits per heavy atom. The molecule has 0 aliphatic carbocycles. The summed E-state index contributed by atoms with van der Waals surface area (Å²) >= 11 is 0. The van der Waals surface area contributed by atoms with Gasteiger partial charge in [0, 0.05) is 17.5 Å². The van der Waals surface area contributed by atoms with E-state index in [1.807, 2.05) is 36.4 Å². The summed E-state index contributed by atoms with van der Waals surface area (Å²) in [7, 11) is 0. The molecule has 0 unspecified atom stereocenters. The second kappa shape index (κ2) is 6.00. The first kappa shape index (κ1) is 14.8. The summed E-state index contributed by atoms with van der Waals surface area (Å²) in [6.45, 7) is 0.573. The lowest BCUT2D eigenvalue weighted by Gasteiger charge is -2.27. The molecular formula is C19H17NO4. The normalized spacial score (nSPS) is 21.2. The first-order valence-corrected chi connectivity index (χ1v) is 8.03. The number of carbonyl (C=O) groups excluding carboxylic acids is 2. The highest BCUT2D eigenvalue weighted by Crippen LogP contribution is 2.34. The molecule has 4 rings (SSSR count). The van der Waals surface area contributed by atoms with E-state index in [4.69, 9.17) is 9.47 Å². The van der Waals surface area contributed by atoms with Gasteiger partial charge < -0.3 is 14.8 Å². The number of nitrogens with one attached hydrogen (secondary N) is 1. The number of fused-ring (bicyclic) bond motifs is 2. The molecular weight excluding hydrogens is 306 g/mol. The first-order chi connectivity index (χ1) is 11.7. The summed E-state index contributed by atoms with van der Waals surface area (Å²) in [5.74, 6) is 0.317. The zero-order chi connectivity index (χ0) is 16.5. The molecule has 0 saturated heterocycles. The quantitative estimate of drug-likeness (QED) is 0.882.